The molecule has 1 saturated heterocycles. The summed E-state index contributed by atoms with van der Waals surface area (Å²) >= 11 is 0. The number of rotatable bonds is 3. The number of nitrogens with zero attached hydrogens (tertiary/aromatic N) is 2. The number of fused-ring (bicyclic) bond motifs is 1. The summed E-state index contributed by atoms with van der Waals surface area (Å²) in [6, 6.07) is 10.2. The summed E-state index contributed by atoms with van der Waals surface area (Å²) in [5, 5.41) is 1.19. The number of pyridine rings is 1. The lowest BCUT2D eigenvalue weighted by molar-refractivity contribution is -0.146. The number of aromatic nitrogens is 1. The van der Waals surface area contributed by atoms with Gasteiger partial charge in [0.1, 0.15) is 0 Å². The van der Waals surface area contributed by atoms with Gasteiger partial charge in [0.25, 0.3) is 0 Å². The zero-order chi connectivity index (χ0) is 14.8. The van der Waals surface area contributed by atoms with Crippen molar-refractivity contribution in [2.75, 3.05) is 20.2 Å². The molecular formula is C17H20N2O2. The van der Waals surface area contributed by atoms with Crippen LogP contribution in [0.15, 0.2) is 36.5 Å². The highest BCUT2D eigenvalue weighted by Gasteiger charge is 2.35. The van der Waals surface area contributed by atoms with Gasteiger partial charge in [0.2, 0.25) is 0 Å². The molecule has 4 heteroatoms. The average molecular weight is 284 g/mol. The van der Waals surface area contributed by atoms with E-state index in [0.29, 0.717) is 5.92 Å². The third kappa shape index (κ3) is 2.76. The fraction of sp³-hybridized carbons (Fsp3) is 0.412. The highest BCUT2D eigenvalue weighted by Crippen LogP contribution is 2.27. The Bertz CT molecular complexity index is 651. The Morgan fingerprint density at radius 1 is 1.33 bits per heavy atom. The Morgan fingerprint density at radius 2 is 2.14 bits per heavy atom. The number of ether oxygens (including phenoxy) is 1. The first-order valence-electron chi connectivity index (χ1n) is 7.32. The minimum atomic E-state index is -0.0930. The molecule has 0 spiro atoms. The van der Waals surface area contributed by atoms with Crippen LogP contribution in [0.3, 0.4) is 0 Å². The first-order valence-corrected chi connectivity index (χ1v) is 7.32. The van der Waals surface area contributed by atoms with Crippen LogP contribution in [0.5, 0.6) is 0 Å². The molecule has 0 amide bonds. The molecule has 1 aromatic heterocycles. The van der Waals surface area contributed by atoms with Gasteiger partial charge in [-0.3, -0.25) is 14.7 Å². The molecule has 3 rings (SSSR count). The summed E-state index contributed by atoms with van der Waals surface area (Å²) in [5.41, 5.74) is 2.28. The van der Waals surface area contributed by atoms with Crippen LogP contribution in [0.4, 0.5) is 0 Å². The molecule has 110 valence electrons. The van der Waals surface area contributed by atoms with Crippen LogP contribution in [0.2, 0.25) is 0 Å². The van der Waals surface area contributed by atoms with Crippen molar-refractivity contribution in [1.82, 2.24) is 9.88 Å². The molecule has 1 aromatic carbocycles. The van der Waals surface area contributed by atoms with Gasteiger partial charge in [0, 0.05) is 31.2 Å². The van der Waals surface area contributed by atoms with Crippen molar-refractivity contribution < 1.29 is 9.53 Å². The number of benzene rings is 1. The SMILES string of the molecule is COC(=O)C1CN(Cc2ccnc3ccccc23)CC1C. The lowest BCUT2D eigenvalue weighted by Crippen LogP contribution is -2.24. The molecule has 2 aromatic rings. The van der Waals surface area contributed by atoms with Gasteiger partial charge >= 0.3 is 5.97 Å². The van der Waals surface area contributed by atoms with E-state index in [2.05, 4.69) is 28.9 Å². The van der Waals surface area contributed by atoms with E-state index in [1.54, 1.807) is 0 Å². The van der Waals surface area contributed by atoms with Crippen molar-refractivity contribution in [1.29, 1.82) is 0 Å². The highest BCUT2D eigenvalue weighted by atomic mass is 16.5. The number of likely N-dealkylation sites (tertiary alicyclic amines) is 1. The Hall–Kier alpha value is -1.94. The third-order valence-electron chi connectivity index (χ3n) is 4.33. The summed E-state index contributed by atoms with van der Waals surface area (Å²) in [6.07, 6.45) is 1.86. The minimum Gasteiger partial charge on any atom is -0.469 e. The number of methoxy groups -OCH3 is 1. The van der Waals surface area contributed by atoms with Crippen molar-refractivity contribution in [3.8, 4) is 0 Å². The van der Waals surface area contributed by atoms with E-state index in [0.717, 1.165) is 25.2 Å². The normalized spacial score (nSPS) is 22.6. The molecule has 0 saturated carbocycles. The molecule has 2 atom stereocenters. The van der Waals surface area contributed by atoms with E-state index in [1.165, 1.54) is 18.1 Å². The zero-order valence-electron chi connectivity index (χ0n) is 12.5. The topological polar surface area (TPSA) is 42.4 Å². The van der Waals surface area contributed by atoms with Crippen LogP contribution in [-0.4, -0.2) is 36.1 Å². The summed E-state index contributed by atoms with van der Waals surface area (Å²) in [4.78, 5) is 18.5. The van der Waals surface area contributed by atoms with Gasteiger partial charge in [-0.1, -0.05) is 25.1 Å². The quantitative estimate of drug-likeness (QED) is 0.812. The van der Waals surface area contributed by atoms with Gasteiger partial charge in [-0.15, -0.1) is 0 Å². The van der Waals surface area contributed by atoms with Crippen molar-refractivity contribution in [3.05, 3.63) is 42.1 Å². The molecule has 0 bridgehead atoms. The smallest absolute Gasteiger partial charge is 0.310 e. The maximum absolute atomic E-state index is 11.8. The van der Waals surface area contributed by atoms with Gasteiger partial charge in [-0.2, -0.15) is 0 Å². The van der Waals surface area contributed by atoms with Gasteiger partial charge in [-0.05, 0) is 23.6 Å². The van der Waals surface area contributed by atoms with Crippen LogP contribution >= 0.6 is 0 Å². The molecule has 2 heterocycles. The maximum atomic E-state index is 11.8. The monoisotopic (exact) mass is 284 g/mol. The second kappa shape index (κ2) is 5.82. The summed E-state index contributed by atoms with van der Waals surface area (Å²) in [5.74, 6) is 0.234. The number of para-hydroxylation sites is 1. The largest absolute Gasteiger partial charge is 0.469 e. The molecule has 0 N–H and O–H groups in total. The van der Waals surface area contributed by atoms with Crippen LogP contribution in [0.25, 0.3) is 10.9 Å². The molecule has 1 fully saturated rings. The molecular weight excluding hydrogens is 264 g/mol. The molecule has 1 aliphatic rings. The highest BCUT2D eigenvalue weighted by molar-refractivity contribution is 5.81. The molecule has 0 radical (unpaired) electrons. The number of carbonyl (C=O) groups is 1. The number of carbonyl (C=O) groups excluding carboxylic acids is 1. The molecule has 21 heavy (non-hydrogen) atoms. The minimum absolute atomic E-state index is 0.0110. The fourth-order valence-corrected chi connectivity index (χ4v) is 3.19. The molecule has 4 nitrogen and oxygen atoms in total. The number of esters is 1. The summed E-state index contributed by atoms with van der Waals surface area (Å²) in [6.45, 7) is 4.66. The average Bonchev–Trinajstić information content (AvgIpc) is 2.87. The van der Waals surface area contributed by atoms with Crippen LogP contribution in [0.1, 0.15) is 12.5 Å². The summed E-state index contributed by atoms with van der Waals surface area (Å²) < 4.78 is 4.90. The van der Waals surface area contributed by atoms with Crippen LogP contribution in [0, 0.1) is 11.8 Å². The second-order valence-electron chi connectivity index (χ2n) is 5.79. The van der Waals surface area contributed by atoms with E-state index in [-0.39, 0.29) is 11.9 Å². The first-order chi connectivity index (χ1) is 10.2. The standard InChI is InChI=1S/C17H20N2O2/c1-12-9-19(11-15(12)17(20)21-2)10-13-7-8-18-16-6-4-3-5-14(13)16/h3-8,12,15H,9-11H2,1-2H3. The summed E-state index contributed by atoms with van der Waals surface area (Å²) in [7, 11) is 1.47. The third-order valence-corrected chi connectivity index (χ3v) is 4.33. The predicted molar refractivity (Wildman–Crippen MR) is 81.7 cm³/mol. The van der Waals surface area contributed by atoms with E-state index in [4.69, 9.17) is 4.74 Å². The van der Waals surface area contributed by atoms with E-state index < -0.39 is 0 Å². The predicted octanol–water partition coefficient (Wildman–Crippen LogP) is 2.48. The second-order valence-corrected chi connectivity index (χ2v) is 5.79. The molecule has 1 aliphatic heterocycles. The van der Waals surface area contributed by atoms with Crippen molar-refractivity contribution in [2.24, 2.45) is 11.8 Å². The Labute approximate surface area is 124 Å². The number of hydrogen-bond donors (Lipinski definition) is 0. The van der Waals surface area contributed by atoms with Gasteiger partial charge in [-0.25, -0.2) is 0 Å². The van der Waals surface area contributed by atoms with E-state index in [1.807, 2.05) is 24.4 Å². The number of hydrogen-bond acceptors (Lipinski definition) is 4. The Morgan fingerprint density at radius 3 is 2.95 bits per heavy atom. The first kappa shape index (κ1) is 14.0. The lowest BCUT2D eigenvalue weighted by atomic mass is 9.99. The van der Waals surface area contributed by atoms with Crippen LogP contribution in [-0.2, 0) is 16.1 Å². The molecule has 0 aliphatic carbocycles. The van der Waals surface area contributed by atoms with Gasteiger partial charge < -0.3 is 4.74 Å². The van der Waals surface area contributed by atoms with Crippen LogP contribution < -0.4 is 0 Å². The van der Waals surface area contributed by atoms with Crippen molar-refractivity contribution in [2.45, 2.75) is 13.5 Å². The Balaban J connectivity index is 1.79. The van der Waals surface area contributed by atoms with Crippen molar-refractivity contribution in [3.63, 3.8) is 0 Å². The molecule has 2 unspecified atom stereocenters. The van der Waals surface area contributed by atoms with Crippen molar-refractivity contribution >= 4 is 16.9 Å². The van der Waals surface area contributed by atoms with E-state index in [9.17, 15) is 4.79 Å². The van der Waals surface area contributed by atoms with E-state index >= 15 is 0 Å². The van der Waals surface area contributed by atoms with Gasteiger partial charge in [0.15, 0.2) is 0 Å². The van der Waals surface area contributed by atoms with Gasteiger partial charge in [0.05, 0.1) is 18.5 Å². The lowest BCUT2D eigenvalue weighted by Gasteiger charge is -2.16. The maximum Gasteiger partial charge on any atom is 0.310 e. The Kier molecular flexibility index (Phi) is 3.88. The zero-order valence-corrected chi connectivity index (χ0v) is 12.5. The fourth-order valence-electron chi connectivity index (χ4n) is 3.19.